The minimum absolute atomic E-state index is 0.254. The van der Waals surface area contributed by atoms with Crippen molar-refractivity contribution in [2.75, 3.05) is 25.4 Å². The third-order valence-corrected chi connectivity index (χ3v) is 4.48. The summed E-state index contributed by atoms with van der Waals surface area (Å²) in [4.78, 5) is 12.6. The van der Waals surface area contributed by atoms with Crippen molar-refractivity contribution in [2.45, 2.75) is 38.6 Å². The molecular formula is C11H22N2O4S. The van der Waals surface area contributed by atoms with Crippen LogP contribution in [0.3, 0.4) is 0 Å². The number of nitrogens with one attached hydrogen (secondary N) is 1. The Morgan fingerprint density at radius 2 is 2.22 bits per heavy atom. The quantitative estimate of drug-likeness (QED) is 0.665. The minimum Gasteiger partial charge on any atom is -0.481 e. The Morgan fingerprint density at radius 1 is 1.50 bits per heavy atom. The maximum atomic E-state index is 11.6. The lowest BCUT2D eigenvalue weighted by Gasteiger charge is -2.23. The van der Waals surface area contributed by atoms with E-state index >= 15 is 0 Å². The van der Waals surface area contributed by atoms with Gasteiger partial charge < -0.3 is 5.11 Å². The van der Waals surface area contributed by atoms with E-state index in [1.54, 1.807) is 0 Å². The highest BCUT2D eigenvalue weighted by Gasteiger charge is 2.25. The van der Waals surface area contributed by atoms with Crippen molar-refractivity contribution in [3.8, 4) is 0 Å². The van der Waals surface area contributed by atoms with Gasteiger partial charge in [0, 0.05) is 12.6 Å². The normalized spacial score (nSPS) is 21.3. The molecule has 1 aliphatic rings. The molecule has 0 unspecified atom stereocenters. The smallest absolute Gasteiger partial charge is 0.304 e. The molecule has 0 amide bonds. The monoisotopic (exact) mass is 278 g/mol. The molecule has 1 rings (SSSR count). The van der Waals surface area contributed by atoms with Crippen molar-refractivity contribution in [1.29, 1.82) is 0 Å². The molecule has 0 aromatic rings. The topological polar surface area (TPSA) is 86.7 Å². The third-order valence-electron chi connectivity index (χ3n) is 3.13. The molecule has 1 fully saturated rings. The molecule has 18 heavy (non-hydrogen) atoms. The molecule has 1 saturated heterocycles. The molecule has 0 aromatic carbocycles. The molecule has 1 heterocycles. The maximum absolute atomic E-state index is 11.6. The lowest BCUT2D eigenvalue weighted by atomic mass is 10.2. The van der Waals surface area contributed by atoms with Gasteiger partial charge in [0.1, 0.15) is 0 Å². The number of sulfonamides is 1. The number of nitrogens with zero attached hydrogens (tertiary/aromatic N) is 1. The molecule has 0 radical (unpaired) electrons. The van der Waals surface area contributed by atoms with E-state index in [2.05, 4.69) is 16.5 Å². The van der Waals surface area contributed by atoms with Crippen LogP contribution >= 0.6 is 0 Å². The van der Waals surface area contributed by atoms with E-state index in [9.17, 15) is 13.2 Å². The van der Waals surface area contributed by atoms with Crippen molar-refractivity contribution < 1.29 is 18.3 Å². The molecule has 0 spiro atoms. The molecule has 106 valence electrons. The van der Waals surface area contributed by atoms with Crippen molar-refractivity contribution in [2.24, 2.45) is 0 Å². The van der Waals surface area contributed by atoms with Gasteiger partial charge in [-0.1, -0.05) is 6.92 Å². The van der Waals surface area contributed by atoms with Gasteiger partial charge in [0.15, 0.2) is 0 Å². The van der Waals surface area contributed by atoms with Crippen LogP contribution in [0.1, 0.15) is 32.6 Å². The first-order chi connectivity index (χ1) is 8.44. The SMILES string of the molecule is CCCN1CCC[C@H]1CNS(=O)(=O)CCC(=O)O. The number of likely N-dealkylation sites (tertiary alicyclic amines) is 1. The molecule has 0 aromatic heterocycles. The molecule has 1 aliphatic heterocycles. The van der Waals surface area contributed by atoms with E-state index in [1.807, 2.05) is 0 Å². The van der Waals surface area contributed by atoms with Gasteiger partial charge in [-0.2, -0.15) is 0 Å². The fourth-order valence-corrected chi connectivity index (χ4v) is 3.26. The molecule has 2 N–H and O–H groups in total. The molecule has 0 aliphatic carbocycles. The van der Waals surface area contributed by atoms with Gasteiger partial charge in [0.25, 0.3) is 0 Å². The van der Waals surface area contributed by atoms with Gasteiger partial charge in [0.05, 0.1) is 12.2 Å². The van der Waals surface area contributed by atoms with Crippen molar-refractivity contribution >= 4 is 16.0 Å². The fraction of sp³-hybridized carbons (Fsp3) is 0.909. The summed E-state index contributed by atoms with van der Waals surface area (Å²) >= 11 is 0. The first-order valence-electron chi connectivity index (χ1n) is 6.38. The molecule has 1 atom stereocenters. The molecule has 0 saturated carbocycles. The number of carboxylic acid groups (broad SMARTS) is 1. The van der Waals surface area contributed by atoms with Gasteiger partial charge >= 0.3 is 5.97 Å². The van der Waals surface area contributed by atoms with Crippen molar-refractivity contribution in [3.63, 3.8) is 0 Å². The highest BCUT2D eigenvalue weighted by Crippen LogP contribution is 2.16. The second-order valence-corrected chi connectivity index (χ2v) is 6.57. The standard InChI is InChI=1S/C11H22N2O4S/c1-2-6-13-7-3-4-10(13)9-12-18(16,17)8-5-11(14)15/h10,12H,2-9H2,1H3,(H,14,15)/t10-/m0/s1. The van der Waals surface area contributed by atoms with Crippen LogP contribution in [0.15, 0.2) is 0 Å². The second-order valence-electron chi connectivity index (χ2n) is 4.64. The number of aliphatic carboxylic acids is 1. The highest BCUT2D eigenvalue weighted by atomic mass is 32.2. The summed E-state index contributed by atoms with van der Waals surface area (Å²) in [5.41, 5.74) is 0. The Hall–Kier alpha value is -0.660. The summed E-state index contributed by atoms with van der Waals surface area (Å²) < 4.78 is 25.6. The first-order valence-corrected chi connectivity index (χ1v) is 8.03. The van der Waals surface area contributed by atoms with E-state index in [1.165, 1.54) is 0 Å². The van der Waals surface area contributed by atoms with Crippen molar-refractivity contribution in [3.05, 3.63) is 0 Å². The zero-order valence-electron chi connectivity index (χ0n) is 10.8. The molecule has 6 nitrogen and oxygen atoms in total. The van der Waals surface area contributed by atoms with Crippen LogP contribution in [-0.4, -0.2) is 55.8 Å². The molecule has 7 heteroatoms. The van der Waals surface area contributed by atoms with Crippen molar-refractivity contribution in [1.82, 2.24) is 9.62 Å². The number of hydrogen-bond donors (Lipinski definition) is 2. The van der Waals surface area contributed by atoms with E-state index in [-0.39, 0.29) is 18.2 Å². The lowest BCUT2D eigenvalue weighted by molar-refractivity contribution is -0.136. The van der Waals surface area contributed by atoms with Crippen LogP contribution in [0, 0.1) is 0 Å². The Bertz CT molecular complexity index is 369. The molecule has 0 bridgehead atoms. The summed E-state index contributed by atoms with van der Waals surface area (Å²) in [5.74, 6) is -1.43. The summed E-state index contributed by atoms with van der Waals surface area (Å²) in [6.45, 7) is 4.51. The summed E-state index contributed by atoms with van der Waals surface area (Å²) in [6.07, 6.45) is 2.81. The second kappa shape index (κ2) is 7.06. The van der Waals surface area contributed by atoms with Gasteiger partial charge in [-0.3, -0.25) is 9.69 Å². The van der Waals surface area contributed by atoms with Gasteiger partial charge in [-0.05, 0) is 32.4 Å². The zero-order valence-corrected chi connectivity index (χ0v) is 11.6. The number of carboxylic acids is 1. The van der Waals surface area contributed by atoms with Crippen LogP contribution in [0.4, 0.5) is 0 Å². The predicted octanol–water partition coefficient (Wildman–Crippen LogP) is 0.255. The van der Waals surface area contributed by atoms with Gasteiger partial charge in [-0.15, -0.1) is 0 Å². The van der Waals surface area contributed by atoms with Gasteiger partial charge in [0.2, 0.25) is 10.0 Å². The van der Waals surface area contributed by atoms with Crippen LogP contribution in [0.25, 0.3) is 0 Å². The van der Waals surface area contributed by atoms with E-state index in [0.717, 1.165) is 32.4 Å². The average molecular weight is 278 g/mol. The highest BCUT2D eigenvalue weighted by molar-refractivity contribution is 7.89. The molecular weight excluding hydrogens is 256 g/mol. The lowest BCUT2D eigenvalue weighted by Crippen LogP contribution is -2.41. The number of rotatable bonds is 8. The van der Waals surface area contributed by atoms with Gasteiger partial charge in [-0.25, -0.2) is 13.1 Å². The third kappa shape index (κ3) is 5.32. The summed E-state index contributed by atoms with van der Waals surface area (Å²) in [5, 5.41) is 8.47. The summed E-state index contributed by atoms with van der Waals surface area (Å²) in [6, 6.07) is 0.254. The van der Waals surface area contributed by atoms with E-state index in [4.69, 9.17) is 5.11 Å². The average Bonchev–Trinajstić information content (AvgIpc) is 2.72. The Labute approximate surface area is 108 Å². The summed E-state index contributed by atoms with van der Waals surface area (Å²) in [7, 11) is -3.46. The van der Waals surface area contributed by atoms with E-state index in [0.29, 0.717) is 6.54 Å². The van der Waals surface area contributed by atoms with Crippen LogP contribution in [0.5, 0.6) is 0 Å². The Kier molecular flexibility index (Phi) is 6.04. The fourth-order valence-electron chi connectivity index (χ4n) is 2.22. The Balaban J connectivity index is 2.37. The Morgan fingerprint density at radius 3 is 2.83 bits per heavy atom. The minimum atomic E-state index is -3.46. The first kappa shape index (κ1) is 15.4. The predicted molar refractivity (Wildman–Crippen MR) is 68.9 cm³/mol. The van der Waals surface area contributed by atoms with Crippen LogP contribution in [0.2, 0.25) is 0 Å². The van der Waals surface area contributed by atoms with Crippen LogP contribution in [-0.2, 0) is 14.8 Å². The van der Waals surface area contributed by atoms with Crippen LogP contribution < -0.4 is 4.72 Å². The maximum Gasteiger partial charge on any atom is 0.304 e. The van der Waals surface area contributed by atoms with E-state index < -0.39 is 16.0 Å². The number of hydrogen-bond acceptors (Lipinski definition) is 4. The largest absolute Gasteiger partial charge is 0.481 e. The number of carbonyl (C=O) groups is 1. The zero-order chi connectivity index (χ0) is 13.6.